The monoisotopic (exact) mass is 314 g/mol. The lowest BCUT2D eigenvalue weighted by molar-refractivity contribution is -0.690. The molecule has 0 saturated carbocycles. The van der Waals surface area contributed by atoms with E-state index >= 15 is 0 Å². The summed E-state index contributed by atoms with van der Waals surface area (Å²) in [6, 6.07) is 6.96. The van der Waals surface area contributed by atoms with Crippen molar-refractivity contribution in [2.24, 2.45) is 0 Å². The van der Waals surface area contributed by atoms with Crippen molar-refractivity contribution in [3.05, 3.63) is 63.0 Å². The highest BCUT2D eigenvalue weighted by molar-refractivity contribution is 5.92. The highest BCUT2D eigenvalue weighted by Crippen LogP contribution is 2.27. The number of aryl methyl sites for hydroxylation is 3. The van der Waals surface area contributed by atoms with Gasteiger partial charge in [0.1, 0.15) is 5.69 Å². The zero-order valence-electron chi connectivity index (χ0n) is 13.7. The van der Waals surface area contributed by atoms with Crippen molar-refractivity contribution in [1.29, 1.82) is 0 Å². The second-order valence-corrected chi connectivity index (χ2v) is 5.66. The van der Waals surface area contributed by atoms with Gasteiger partial charge >= 0.3 is 0 Å². The Morgan fingerprint density at radius 3 is 2.48 bits per heavy atom. The highest BCUT2D eigenvalue weighted by Gasteiger charge is 2.20. The van der Waals surface area contributed by atoms with Crippen LogP contribution >= 0.6 is 0 Å². The molecular formula is C17H20N3O3+. The molecule has 0 spiro atoms. The molecular weight excluding hydrogens is 294 g/mol. The number of nitro groups is 1. The van der Waals surface area contributed by atoms with Crippen LogP contribution < -0.4 is 9.88 Å². The number of nitro benzene ring substituents is 1. The van der Waals surface area contributed by atoms with Gasteiger partial charge in [-0.15, -0.1) is 0 Å². The number of hydrogen-bond donors (Lipinski definition) is 1. The number of carbonyl (C=O) groups excluding carboxylic acids is 1. The number of nitrogens with zero attached hydrogens (tertiary/aromatic N) is 2. The second-order valence-electron chi connectivity index (χ2n) is 5.66. The third kappa shape index (κ3) is 3.71. The Hall–Kier alpha value is -2.76. The van der Waals surface area contributed by atoms with Crippen molar-refractivity contribution < 1.29 is 14.3 Å². The lowest BCUT2D eigenvalue weighted by Gasteiger charge is -2.08. The quantitative estimate of drug-likeness (QED) is 0.535. The van der Waals surface area contributed by atoms with E-state index in [1.807, 2.05) is 43.7 Å². The van der Waals surface area contributed by atoms with Gasteiger partial charge in [-0.1, -0.05) is 0 Å². The van der Waals surface area contributed by atoms with E-state index in [4.69, 9.17) is 0 Å². The van der Waals surface area contributed by atoms with Crippen LogP contribution in [0.25, 0.3) is 0 Å². The molecule has 1 amide bonds. The minimum Gasteiger partial charge on any atom is -0.315 e. The number of aromatic nitrogens is 1. The predicted octanol–water partition coefficient (Wildman–Crippen LogP) is 2.75. The minimum absolute atomic E-state index is 0.0904. The molecule has 0 fully saturated rings. The zero-order chi connectivity index (χ0) is 17.1. The van der Waals surface area contributed by atoms with E-state index in [9.17, 15) is 14.9 Å². The van der Waals surface area contributed by atoms with Crippen LogP contribution in [0.4, 0.5) is 11.4 Å². The van der Waals surface area contributed by atoms with E-state index in [1.165, 1.54) is 6.07 Å². The molecule has 6 nitrogen and oxygen atoms in total. The van der Waals surface area contributed by atoms with E-state index in [0.29, 0.717) is 0 Å². The summed E-state index contributed by atoms with van der Waals surface area (Å²) in [5.41, 5.74) is 3.92. The largest absolute Gasteiger partial charge is 0.315 e. The summed E-state index contributed by atoms with van der Waals surface area (Å²) >= 11 is 0. The second kappa shape index (κ2) is 6.56. The first-order chi connectivity index (χ1) is 10.8. The number of pyridine rings is 1. The number of hydrogen-bond acceptors (Lipinski definition) is 3. The minimum atomic E-state index is -0.479. The van der Waals surface area contributed by atoms with E-state index in [2.05, 4.69) is 5.32 Å². The maximum absolute atomic E-state index is 12.3. The zero-order valence-corrected chi connectivity index (χ0v) is 13.7. The molecule has 6 heteroatoms. The number of carbonyl (C=O) groups is 1. The average Bonchev–Trinajstić information content (AvgIpc) is 2.47. The maximum atomic E-state index is 12.3. The SMILES string of the molecule is Cc1cc(NC(=O)C[n+]2cccc(C)c2C)c([N+](=O)[O-])cc1C. The molecule has 1 aromatic heterocycles. The van der Waals surface area contributed by atoms with Crippen molar-refractivity contribution >= 4 is 17.3 Å². The Labute approximate surface area is 134 Å². The molecule has 0 unspecified atom stereocenters. The molecule has 2 rings (SSSR count). The van der Waals surface area contributed by atoms with Crippen molar-refractivity contribution in [3.8, 4) is 0 Å². The number of nitrogens with one attached hydrogen (secondary N) is 1. The molecule has 1 heterocycles. The molecule has 0 bridgehead atoms. The molecule has 0 aliphatic carbocycles. The van der Waals surface area contributed by atoms with Gasteiger partial charge in [0.2, 0.25) is 6.54 Å². The number of rotatable bonds is 4. The highest BCUT2D eigenvalue weighted by atomic mass is 16.6. The Balaban J connectivity index is 2.25. The van der Waals surface area contributed by atoms with Gasteiger partial charge in [-0.25, -0.2) is 0 Å². The fourth-order valence-corrected chi connectivity index (χ4v) is 2.32. The maximum Gasteiger partial charge on any atom is 0.293 e. The van der Waals surface area contributed by atoms with Gasteiger partial charge in [0.05, 0.1) is 4.92 Å². The molecule has 1 N–H and O–H groups in total. The topological polar surface area (TPSA) is 76.1 Å². The average molecular weight is 314 g/mol. The standard InChI is InChI=1S/C17H19N3O3/c1-11-6-5-7-19(14(11)4)10-17(21)18-15-8-12(2)13(3)9-16(15)20(22)23/h5-9H,10H2,1-4H3/p+1. The van der Waals surface area contributed by atoms with Crippen LogP contribution in [0.2, 0.25) is 0 Å². The fraction of sp³-hybridized carbons (Fsp3) is 0.294. The lowest BCUT2D eigenvalue weighted by atomic mass is 10.1. The van der Waals surface area contributed by atoms with Crippen molar-refractivity contribution in [1.82, 2.24) is 0 Å². The third-order valence-corrected chi connectivity index (χ3v) is 4.01. The third-order valence-electron chi connectivity index (χ3n) is 4.01. The van der Waals surface area contributed by atoms with Gasteiger partial charge in [-0.3, -0.25) is 14.9 Å². The number of amides is 1. The van der Waals surface area contributed by atoms with Crippen LogP contribution in [0.1, 0.15) is 22.4 Å². The molecule has 0 radical (unpaired) electrons. The van der Waals surface area contributed by atoms with Gasteiger partial charge in [-0.2, -0.15) is 4.57 Å². The van der Waals surface area contributed by atoms with Crippen molar-refractivity contribution in [2.45, 2.75) is 34.2 Å². The number of anilines is 1. The van der Waals surface area contributed by atoms with Crippen LogP contribution in [-0.2, 0) is 11.3 Å². The Bertz CT molecular complexity index is 785. The van der Waals surface area contributed by atoms with Gasteiger partial charge in [-0.05, 0) is 44.0 Å². The van der Waals surface area contributed by atoms with Gasteiger partial charge in [0.25, 0.3) is 11.6 Å². The summed E-state index contributed by atoms with van der Waals surface area (Å²) in [5, 5.41) is 13.8. The van der Waals surface area contributed by atoms with Crippen LogP contribution in [0.5, 0.6) is 0 Å². The van der Waals surface area contributed by atoms with E-state index in [-0.39, 0.29) is 23.8 Å². The van der Waals surface area contributed by atoms with E-state index in [0.717, 1.165) is 22.4 Å². The molecule has 23 heavy (non-hydrogen) atoms. The van der Waals surface area contributed by atoms with E-state index < -0.39 is 4.92 Å². The summed E-state index contributed by atoms with van der Waals surface area (Å²) in [6.45, 7) is 7.67. The van der Waals surface area contributed by atoms with Gasteiger partial charge < -0.3 is 5.32 Å². The van der Waals surface area contributed by atoms with Crippen molar-refractivity contribution in [2.75, 3.05) is 5.32 Å². The normalized spacial score (nSPS) is 10.4. The summed E-state index contributed by atoms with van der Waals surface area (Å²) < 4.78 is 1.82. The van der Waals surface area contributed by atoms with Crippen LogP contribution in [0, 0.1) is 37.8 Å². The smallest absolute Gasteiger partial charge is 0.293 e. The van der Waals surface area contributed by atoms with Gasteiger partial charge in [0.15, 0.2) is 11.9 Å². The molecule has 1 aromatic carbocycles. The Morgan fingerprint density at radius 1 is 1.17 bits per heavy atom. The molecule has 0 atom stereocenters. The summed E-state index contributed by atoms with van der Waals surface area (Å²) in [5.74, 6) is -0.296. The summed E-state index contributed by atoms with van der Waals surface area (Å²) in [6.07, 6.45) is 1.82. The first-order valence-corrected chi connectivity index (χ1v) is 7.30. The van der Waals surface area contributed by atoms with Crippen LogP contribution in [0.15, 0.2) is 30.5 Å². The van der Waals surface area contributed by atoms with Crippen molar-refractivity contribution in [3.63, 3.8) is 0 Å². The van der Waals surface area contributed by atoms with Crippen LogP contribution in [0.3, 0.4) is 0 Å². The molecule has 0 saturated heterocycles. The predicted molar refractivity (Wildman–Crippen MR) is 87.3 cm³/mol. The molecule has 2 aromatic rings. The molecule has 0 aliphatic rings. The first-order valence-electron chi connectivity index (χ1n) is 7.30. The first kappa shape index (κ1) is 16.6. The molecule has 120 valence electrons. The molecule has 0 aliphatic heterocycles. The Kier molecular flexibility index (Phi) is 4.74. The Morgan fingerprint density at radius 2 is 1.83 bits per heavy atom. The lowest BCUT2D eigenvalue weighted by Crippen LogP contribution is -2.43. The number of benzene rings is 1. The summed E-state index contributed by atoms with van der Waals surface area (Å²) in [7, 11) is 0. The van der Waals surface area contributed by atoms with Gasteiger partial charge in [0, 0.05) is 24.6 Å². The summed E-state index contributed by atoms with van der Waals surface area (Å²) in [4.78, 5) is 23.0. The van der Waals surface area contributed by atoms with E-state index in [1.54, 1.807) is 13.0 Å². The van der Waals surface area contributed by atoms with Crippen LogP contribution in [-0.4, -0.2) is 10.8 Å². The fourth-order valence-electron chi connectivity index (χ4n) is 2.32.